The molecule has 12 nitrogen and oxygen atoms in total. The van der Waals surface area contributed by atoms with Crippen molar-refractivity contribution in [3.63, 3.8) is 0 Å². The number of nitrogens with zero attached hydrogens (tertiary/aromatic N) is 1. The molecule has 27 heavy (non-hydrogen) atoms. The molecule has 1 saturated heterocycles. The zero-order chi connectivity index (χ0) is 20.7. The van der Waals surface area contributed by atoms with Crippen molar-refractivity contribution in [2.45, 2.75) is 50.4 Å². The molecule has 4 atom stereocenters. The first kappa shape index (κ1) is 22.3. The van der Waals surface area contributed by atoms with Crippen molar-refractivity contribution in [1.29, 1.82) is 0 Å². The molecule has 1 fully saturated rings. The molecule has 0 aliphatic carbocycles. The minimum absolute atomic E-state index is 0.185. The standard InChI is InChI=1S/C15H24N4O8/c1-7(20)12(18-13(25)8(16)5-10(21)22)15(27)19-4-2-3-9(19)14(26)17-6-11(23)24/h7-9,12,20H,2-6,16H2,1H3,(H,17,26)(H,18,25)(H,21,22)(H,23,24). The van der Waals surface area contributed by atoms with Gasteiger partial charge in [0.1, 0.15) is 18.6 Å². The van der Waals surface area contributed by atoms with Gasteiger partial charge in [0.15, 0.2) is 0 Å². The van der Waals surface area contributed by atoms with Crippen molar-refractivity contribution < 1.29 is 39.3 Å². The molecular weight excluding hydrogens is 364 g/mol. The molecule has 0 aromatic rings. The average molecular weight is 388 g/mol. The molecule has 1 rings (SSSR count). The zero-order valence-corrected chi connectivity index (χ0v) is 14.8. The van der Waals surface area contributed by atoms with Crippen LogP contribution in [0.25, 0.3) is 0 Å². The molecule has 0 aromatic heterocycles. The highest BCUT2D eigenvalue weighted by molar-refractivity contribution is 5.95. The van der Waals surface area contributed by atoms with Crippen molar-refractivity contribution >= 4 is 29.7 Å². The van der Waals surface area contributed by atoms with E-state index in [0.29, 0.717) is 12.8 Å². The number of likely N-dealkylation sites (tertiary alicyclic amines) is 1. The van der Waals surface area contributed by atoms with E-state index in [1.165, 1.54) is 6.92 Å². The van der Waals surface area contributed by atoms with Gasteiger partial charge in [-0.2, -0.15) is 0 Å². The van der Waals surface area contributed by atoms with Crippen LogP contribution >= 0.6 is 0 Å². The maximum absolute atomic E-state index is 12.7. The minimum Gasteiger partial charge on any atom is -0.481 e. The molecule has 3 amide bonds. The fourth-order valence-electron chi connectivity index (χ4n) is 2.69. The van der Waals surface area contributed by atoms with E-state index in [1.807, 2.05) is 0 Å². The lowest BCUT2D eigenvalue weighted by molar-refractivity contribution is -0.145. The van der Waals surface area contributed by atoms with Crippen LogP contribution in [0.1, 0.15) is 26.2 Å². The molecule has 4 unspecified atom stereocenters. The van der Waals surface area contributed by atoms with E-state index in [2.05, 4.69) is 10.6 Å². The van der Waals surface area contributed by atoms with Crippen LogP contribution in [0.2, 0.25) is 0 Å². The topological polar surface area (TPSA) is 199 Å². The van der Waals surface area contributed by atoms with E-state index >= 15 is 0 Å². The Bertz CT molecular complexity index is 609. The van der Waals surface area contributed by atoms with Crippen LogP contribution in [-0.2, 0) is 24.0 Å². The van der Waals surface area contributed by atoms with Crippen molar-refractivity contribution in [3.05, 3.63) is 0 Å². The highest BCUT2D eigenvalue weighted by Crippen LogP contribution is 2.19. The maximum atomic E-state index is 12.7. The third kappa shape index (κ3) is 6.49. The summed E-state index contributed by atoms with van der Waals surface area (Å²) in [4.78, 5) is 59.2. The number of hydrogen-bond acceptors (Lipinski definition) is 7. The number of carbonyl (C=O) groups excluding carboxylic acids is 3. The second-order valence-electron chi connectivity index (χ2n) is 6.23. The molecule has 0 radical (unpaired) electrons. The van der Waals surface area contributed by atoms with Gasteiger partial charge in [0.2, 0.25) is 17.7 Å². The maximum Gasteiger partial charge on any atom is 0.322 e. The molecule has 0 saturated carbocycles. The fourth-order valence-corrected chi connectivity index (χ4v) is 2.69. The second kappa shape index (κ2) is 9.83. The lowest BCUT2D eigenvalue weighted by atomic mass is 10.1. The van der Waals surface area contributed by atoms with E-state index in [9.17, 15) is 29.1 Å². The predicted molar refractivity (Wildman–Crippen MR) is 89.2 cm³/mol. The number of aliphatic hydroxyl groups is 1. The predicted octanol–water partition coefficient (Wildman–Crippen LogP) is -3.15. The second-order valence-corrected chi connectivity index (χ2v) is 6.23. The SMILES string of the molecule is CC(O)C(NC(=O)C(N)CC(=O)O)C(=O)N1CCCC1C(=O)NCC(=O)O. The molecule has 0 aromatic carbocycles. The largest absolute Gasteiger partial charge is 0.481 e. The van der Waals surface area contributed by atoms with E-state index < -0.39 is 66.9 Å². The van der Waals surface area contributed by atoms with Gasteiger partial charge in [-0.1, -0.05) is 0 Å². The zero-order valence-electron chi connectivity index (χ0n) is 14.8. The molecule has 1 heterocycles. The highest BCUT2D eigenvalue weighted by Gasteiger charge is 2.39. The Kier molecular flexibility index (Phi) is 8.12. The number of nitrogens with one attached hydrogen (secondary N) is 2. The van der Waals surface area contributed by atoms with Crippen molar-refractivity contribution in [3.8, 4) is 0 Å². The summed E-state index contributed by atoms with van der Waals surface area (Å²) in [6.07, 6.45) is -1.20. The van der Waals surface area contributed by atoms with E-state index in [0.717, 1.165) is 4.90 Å². The number of amides is 3. The summed E-state index contributed by atoms with van der Waals surface area (Å²) >= 11 is 0. The van der Waals surface area contributed by atoms with Crippen LogP contribution in [-0.4, -0.2) is 87.2 Å². The van der Waals surface area contributed by atoms with Crippen LogP contribution in [0.4, 0.5) is 0 Å². The summed E-state index contributed by atoms with van der Waals surface area (Å²) in [6, 6.07) is -3.77. The number of carbonyl (C=O) groups is 5. The van der Waals surface area contributed by atoms with Gasteiger partial charge in [0.05, 0.1) is 18.6 Å². The Balaban J connectivity index is 2.83. The summed E-state index contributed by atoms with van der Waals surface area (Å²) in [7, 11) is 0. The molecular formula is C15H24N4O8. The van der Waals surface area contributed by atoms with Gasteiger partial charge in [0, 0.05) is 6.54 Å². The van der Waals surface area contributed by atoms with Crippen LogP contribution < -0.4 is 16.4 Å². The summed E-state index contributed by atoms with van der Waals surface area (Å²) in [5.41, 5.74) is 5.44. The Morgan fingerprint density at radius 3 is 2.33 bits per heavy atom. The Morgan fingerprint density at radius 2 is 1.81 bits per heavy atom. The lowest BCUT2D eigenvalue weighted by Crippen LogP contribution is -2.59. The monoisotopic (exact) mass is 388 g/mol. The number of aliphatic hydroxyl groups excluding tert-OH is 1. The first-order valence-corrected chi connectivity index (χ1v) is 8.30. The summed E-state index contributed by atoms with van der Waals surface area (Å²) in [5.74, 6) is -4.86. The molecule has 0 spiro atoms. The molecule has 152 valence electrons. The van der Waals surface area contributed by atoms with E-state index in [4.69, 9.17) is 15.9 Å². The van der Waals surface area contributed by atoms with Gasteiger partial charge in [-0.25, -0.2) is 0 Å². The molecule has 1 aliphatic heterocycles. The van der Waals surface area contributed by atoms with Gasteiger partial charge >= 0.3 is 11.9 Å². The molecule has 0 bridgehead atoms. The number of aliphatic carboxylic acids is 2. The quantitative estimate of drug-likeness (QED) is 0.236. The fraction of sp³-hybridized carbons (Fsp3) is 0.667. The van der Waals surface area contributed by atoms with Crippen molar-refractivity contribution in [2.24, 2.45) is 5.73 Å². The van der Waals surface area contributed by atoms with Crippen molar-refractivity contribution in [1.82, 2.24) is 15.5 Å². The summed E-state index contributed by atoms with van der Waals surface area (Å²) in [6.45, 7) is 0.837. The number of rotatable bonds is 9. The molecule has 1 aliphatic rings. The van der Waals surface area contributed by atoms with Gasteiger partial charge in [-0.05, 0) is 19.8 Å². The van der Waals surface area contributed by atoms with E-state index in [1.54, 1.807) is 0 Å². The van der Waals surface area contributed by atoms with Gasteiger partial charge < -0.3 is 36.6 Å². The van der Waals surface area contributed by atoms with Crippen LogP contribution in [0.15, 0.2) is 0 Å². The minimum atomic E-state index is -1.43. The summed E-state index contributed by atoms with van der Waals surface area (Å²) < 4.78 is 0. The highest BCUT2D eigenvalue weighted by atomic mass is 16.4. The number of carboxylic acids is 2. The first-order chi connectivity index (χ1) is 12.5. The van der Waals surface area contributed by atoms with Gasteiger partial charge in [0.25, 0.3) is 0 Å². The Morgan fingerprint density at radius 1 is 1.19 bits per heavy atom. The van der Waals surface area contributed by atoms with Crippen LogP contribution in [0.3, 0.4) is 0 Å². The number of hydrogen-bond donors (Lipinski definition) is 6. The number of nitrogens with two attached hydrogens (primary N) is 1. The average Bonchev–Trinajstić information content (AvgIpc) is 3.05. The first-order valence-electron chi connectivity index (χ1n) is 8.30. The van der Waals surface area contributed by atoms with Gasteiger partial charge in [-0.3, -0.25) is 24.0 Å². The lowest BCUT2D eigenvalue weighted by Gasteiger charge is -2.30. The number of carboxylic acid groups (broad SMARTS) is 2. The van der Waals surface area contributed by atoms with Crippen LogP contribution in [0.5, 0.6) is 0 Å². The molecule has 7 N–H and O–H groups in total. The smallest absolute Gasteiger partial charge is 0.322 e. The van der Waals surface area contributed by atoms with Crippen LogP contribution in [0, 0.1) is 0 Å². The van der Waals surface area contributed by atoms with Gasteiger partial charge in [-0.15, -0.1) is 0 Å². The third-order valence-corrected chi connectivity index (χ3v) is 4.03. The van der Waals surface area contributed by atoms with Crippen molar-refractivity contribution in [2.75, 3.05) is 13.1 Å². The van der Waals surface area contributed by atoms with E-state index in [-0.39, 0.29) is 6.54 Å². The normalized spacial score (nSPS) is 19.7. The Labute approximate surface area is 154 Å². The third-order valence-electron chi connectivity index (χ3n) is 4.03. The summed E-state index contributed by atoms with van der Waals surface area (Å²) in [5, 5.41) is 31.6. The molecule has 12 heteroatoms. The Hall–Kier alpha value is -2.73.